The second-order valence-electron chi connectivity index (χ2n) is 3.28. The van der Waals surface area contributed by atoms with Crippen LogP contribution in [0.2, 0.25) is 0 Å². The zero-order chi connectivity index (χ0) is 11.7. The van der Waals surface area contributed by atoms with Gasteiger partial charge < -0.3 is 0 Å². The Morgan fingerprint density at radius 2 is 1.81 bits per heavy atom. The van der Waals surface area contributed by atoms with Crippen LogP contribution in [0.3, 0.4) is 0 Å². The van der Waals surface area contributed by atoms with Crippen molar-refractivity contribution in [1.82, 2.24) is 0 Å². The van der Waals surface area contributed by atoms with Crippen LogP contribution in [0.1, 0.15) is 10.4 Å². The van der Waals surface area contributed by atoms with Gasteiger partial charge in [-0.05, 0) is 12.1 Å². The van der Waals surface area contributed by atoms with Crippen molar-refractivity contribution in [1.29, 1.82) is 0 Å². The molecular formula is C13H10O2S. The molecular weight excluding hydrogens is 220 g/mol. The summed E-state index contributed by atoms with van der Waals surface area (Å²) in [6, 6.07) is 6.91. The van der Waals surface area contributed by atoms with E-state index in [1.54, 1.807) is 24.3 Å². The molecule has 1 aliphatic rings. The number of Topliss-reactive ketones (excluding diaryl/α,β-unsaturated/α-hetero) is 1. The lowest BCUT2D eigenvalue weighted by atomic mass is 10.0. The van der Waals surface area contributed by atoms with E-state index >= 15 is 0 Å². The second kappa shape index (κ2) is 4.02. The molecule has 1 aromatic carbocycles. The van der Waals surface area contributed by atoms with Crippen LogP contribution in [-0.2, 0) is 10.8 Å². The number of allylic oxidation sites excluding steroid dienone is 3. The van der Waals surface area contributed by atoms with Gasteiger partial charge in [0.1, 0.15) is 0 Å². The Kier molecular flexibility index (Phi) is 2.71. The number of carbonyl (C=O) groups excluding carboxylic acids is 1. The van der Waals surface area contributed by atoms with Gasteiger partial charge in [-0.25, -0.2) is 4.21 Å². The molecule has 0 fully saturated rings. The van der Waals surface area contributed by atoms with E-state index < -0.39 is 10.8 Å². The average Bonchev–Trinajstić information content (AvgIpc) is 2.33. The first-order valence-electron chi connectivity index (χ1n) is 4.75. The molecule has 3 heteroatoms. The third kappa shape index (κ3) is 1.41. The highest BCUT2D eigenvalue weighted by Crippen LogP contribution is 2.30. The average molecular weight is 230 g/mol. The van der Waals surface area contributed by atoms with Crippen molar-refractivity contribution < 1.29 is 9.00 Å². The Morgan fingerprint density at radius 3 is 2.44 bits per heavy atom. The minimum atomic E-state index is -1.33. The molecule has 0 saturated carbocycles. The normalized spacial score (nSPS) is 19.2. The number of hydrogen-bond acceptors (Lipinski definition) is 2. The summed E-state index contributed by atoms with van der Waals surface area (Å²) in [5.41, 5.74) is 0.869. The molecule has 0 saturated heterocycles. The van der Waals surface area contributed by atoms with Gasteiger partial charge in [0.2, 0.25) is 0 Å². The number of fused-ring (bicyclic) bond motifs is 1. The maximum Gasteiger partial charge on any atom is 0.195 e. The predicted molar refractivity (Wildman–Crippen MR) is 64.6 cm³/mol. The molecule has 0 aromatic heterocycles. The second-order valence-corrected chi connectivity index (χ2v) is 4.70. The van der Waals surface area contributed by atoms with Gasteiger partial charge in [-0.3, -0.25) is 4.79 Å². The van der Waals surface area contributed by atoms with E-state index in [0.717, 1.165) is 0 Å². The van der Waals surface area contributed by atoms with Crippen molar-refractivity contribution in [3.63, 3.8) is 0 Å². The lowest BCUT2D eigenvalue weighted by molar-refractivity contribution is 0.103. The zero-order valence-electron chi connectivity index (χ0n) is 8.60. The van der Waals surface area contributed by atoms with Crippen LogP contribution in [-0.4, -0.2) is 9.99 Å². The monoisotopic (exact) mass is 230 g/mol. The molecule has 2 rings (SSSR count). The van der Waals surface area contributed by atoms with Crippen LogP contribution in [0.25, 0.3) is 0 Å². The Labute approximate surface area is 96.4 Å². The van der Waals surface area contributed by atoms with Gasteiger partial charge in [-0.2, -0.15) is 0 Å². The highest BCUT2D eigenvalue weighted by Gasteiger charge is 2.27. The van der Waals surface area contributed by atoms with Crippen molar-refractivity contribution in [3.8, 4) is 0 Å². The summed E-state index contributed by atoms with van der Waals surface area (Å²) in [4.78, 5) is 13.0. The summed E-state index contributed by atoms with van der Waals surface area (Å²) >= 11 is 0. The van der Waals surface area contributed by atoms with Gasteiger partial charge in [0.25, 0.3) is 0 Å². The van der Waals surface area contributed by atoms with Crippen LogP contribution in [0.15, 0.2) is 64.9 Å². The number of carbonyl (C=O) groups is 1. The molecule has 0 radical (unpaired) electrons. The highest BCUT2D eigenvalue weighted by atomic mass is 32.2. The molecule has 1 atom stereocenters. The molecule has 0 spiro atoms. The van der Waals surface area contributed by atoms with Crippen molar-refractivity contribution in [2.24, 2.45) is 0 Å². The first-order chi connectivity index (χ1) is 7.70. The fourth-order valence-corrected chi connectivity index (χ4v) is 3.00. The largest absolute Gasteiger partial charge is 0.289 e. The van der Waals surface area contributed by atoms with E-state index in [1.165, 1.54) is 12.2 Å². The number of rotatable bonds is 2. The maximum atomic E-state index is 12.1. The molecule has 0 bridgehead atoms. The van der Waals surface area contributed by atoms with E-state index in [-0.39, 0.29) is 5.78 Å². The third-order valence-corrected chi connectivity index (χ3v) is 3.97. The molecule has 1 unspecified atom stereocenters. The Morgan fingerprint density at radius 1 is 1.12 bits per heavy atom. The summed E-state index contributed by atoms with van der Waals surface area (Å²) in [5.74, 6) is -0.139. The summed E-state index contributed by atoms with van der Waals surface area (Å²) in [6.07, 6.45) is 2.90. The molecule has 1 aromatic rings. The van der Waals surface area contributed by atoms with Crippen molar-refractivity contribution in [2.75, 3.05) is 0 Å². The molecule has 1 aliphatic heterocycles. The number of hydrogen-bond donors (Lipinski definition) is 0. The lowest BCUT2D eigenvalue weighted by Crippen LogP contribution is -2.16. The number of benzene rings is 1. The standard InChI is InChI=1S/C13H10O2S/c1-3-9-11(4-2)16(15)12-8-6-5-7-10(12)13(9)14/h3-8H,1-2H2. The Hall–Kier alpha value is -1.74. The van der Waals surface area contributed by atoms with E-state index in [0.29, 0.717) is 20.9 Å². The molecule has 16 heavy (non-hydrogen) atoms. The fourth-order valence-electron chi connectivity index (χ4n) is 1.67. The van der Waals surface area contributed by atoms with Gasteiger partial charge in [-0.15, -0.1) is 0 Å². The highest BCUT2D eigenvalue weighted by molar-refractivity contribution is 7.89. The number of ketones is 1. The summed E-state index contributed by atoms with van der Waals surface area (Å²) in [6.45, 7) is 7.17. The first-order valence-corrected chi connectivity index (χ1v) is 5.90. The van der Waals surface area contributed by atoms with Crippen LogP contribution >= 0.6 is 0 Å². The molecule has 80 valence electrons. The molecule has 2 nitrogen and oxygen atoms in total. The van der Waals surface area contributed by atoms with Crippen molar-refractivity contribution in [3.05, 3.63) is 65.6 Å². The Balaban J connectivity index is 2.76. The molecule has 1 heterocycles. The molecule has 0 aliphatic carbocycles. The van der Waals surface area contributed by atoms with Gasteiger partial charge in [-0.1, -0.05) is 37.4 Å². The van der Waals surface area contributed by atoms with Crippen molar-refractivity contribution >= 4 is 16.6 Å². The zero-order valence-corrected chi connectivity index (χ0v) is 9.42. The summed E-state index contributed by atoms with van der Waals surface area (Å²) < 4.78 is 12.1. The minimum Gasteiger partial charge on any atom is -0.289 e. The maximum absolute atomic E-state index is 12.1. The quantitative estimate of drug-likeness (QED) is 0.782. The van der Waals surface area contributed by atoms with E-state index in [9.17, 15) is 9.00 Å². The van der Waals surface area contributed by atoms with E-state index in [1.807, 2.05) is 0 Å². The Bertz CT molecular complexity index is 504. The van der Waals surface area contributed by atoms with Crippen LogP contribution < -0.4 is 0 Å². The van der Waals surface area contributed by atoms with E-state index in [4.69, 9.17) is 0 Å². The van der Waals surface area contributed by atoms with Gasteiger partial charge >= 0.3 is 0 Å². The van der Waals surface area contributed by atoms with E-state index in [2.05, 4.69) is 13.2 Å². The SMILES string of the molecule is C=CC1=C(C=C)S(=O)c2ccccc2C1=O. The van der Waals surface area contributed by atoms with Crippen LogP contribution in [0, 0.1) is 0 Å². The van der Waals surface area contributed by atoms with Gasteiger partial charge in [0.15, 0.2) is 5.78 Å². The van der Waals surface area contributed by atoms with Crippen molar-refractivity contribution in [2.45, 2.75) is 4.90 Å². The topological polar surface area (TPSA) is 34.1 Å². The van der Waals surface area contributed by atoms with Crippen LogP contribution in [0.5, 0.6) is 0 Å². The molecule has 0 N–H and O–H groups in total. The third-order valence-electron chi connectivity index (χ3n) is 2.43. The van der Waals surface area contributed by atoms with Gasteiger partial charge in [0.05, 0.1) is 20.6 Å². The summed E-state index contributed by atoms with van der Waals surface area (Å²) in [7, 11) is -1.33. The van der Waals surface area contributed by atoms with Gasteiger partial charge in [0, 0.05) is 11.1 Å². The lowest BCUT2D eigenvalue weighted by Gasteiger charge is -2.17. The summed E-state index contributed by atoms with van der Waals surface area (Å²) in [5, 5.41) is 0. The molecule has 0 amide bonds. The smallest absolute Gasteiger partial charge is 0.195 e. The predicted octanol–water partition coefficient (Wildman–Crippen LogP) is 2.62. The van der Waals surface area contributed by atoms with Crippen LogP contribution in [0.4, 0.5) is 0 Å². The minimum absolute atomic E-state index is 0.139. The first kappa shape index (κ1) is 10.8. The fraction of sp³-hybridized carbons (Fsp3) is 0.